The van der Waals surface area contributed by atoms with Crippen molar-refractivity contribution >= 4 is 28.6 Å². The van der Waals surface area contributed by atoms with E-state index in [0.717, 1.165) is 5.52 Å². The summed E-state index contributed by atoms with van der Waals surface area (Å²) in [5, 5.41) is 8.99. The number of halogens is 1. The number of benzene rings is 1. The summed E-state index contributed by atoms with van der Waals surface area (Å²) >= 11 is 5.89. The minimum atomic E-state index is -1.04. The number of carboxylic acids is 1. The third-order valence-corrected chi connectivity index (χ3v) is 2.32. The minimum Gasteiger partial charge on any atom is -0.478 e. The van der Waals surface area contributed by atoms with Crippen LogP contribution < -0.4 is 0 Å². The van der Waals surface area contributed by atoms with Crippen molar-refractivity contribution in [1.29, 1.82) is 0 Å². The fourth-order valence-corrected chi connectivity index (χ4v) is 1.62. The Morgan fingerprint density at radius 3 is 2.93 bits per heavy atom. The highest BCUT2D eigenvalue weighted by molar-refractivity contribution is 6.37. The van der Waals surface area contributed by atoms with E-state index >= 15 is 0 Å². The Morgan fingerprint density at radius 1 is 1.57 bits per heavy atom. The first-order valence-corrected chi connectivity index (χ1v) is 4.35. The number of aromatic carboxylic acids is 1. The Balaban J connectivity index is 2.80. The highest BCUT2D eigenvalue weighted by Crippen LogP contribution is 2.25. The van der Waals surface area contributed by atoms with E-state index in [1.165, 1.54) is 6.07 Å². The van der Waals surface area contributed by atoms with E-state index in [4.69, 9.17) is 16.7 Å². The molecule has 0 aliphatic carbocycles. The van der Waals surface area contributed by atoms with Crippen molar-refractivity contribution in [3.63, 3.8) is 0 Å². The summed E-state index contributed by atoms with van der Waals surface area (Å²) < 4.78 is 0. The van der Waals surface area contributed by atoms with Crippen molar-refractivity contribution in [2.75, 3.05) is 0 Å². The molecule has 0 aliphatic rings. The molecule has 0 fully saturated rings. The number of rotatable bonds is 1. The van der Waals surface area contributed by atoms with Crippen LogP contribution >= 0.6 is 11.6 Å². The van der Waals surface area contributed by atoms with Crippen molar-refractivity contribution < 1.29 is 9.90 Å². The van der Waals surface area contributed by atoms with E-state index in [1.54, 1.807) is 13.0 Å². The molecule has 1 aromatic carbocycles. The van der Waals surface area contributed by atoms with E-state index in [-0.39, 0.29) is 10.6 Å². The van der Waals surface area contributed by atoms with Gasteiger partial charge in [0.25, 0.3) is 0 Å². The van der Waals surface area contributed by atoms with Crippen molar-refractivity contribution in [2.45, 2.75) is 6.92 Å². The van der Waals surface area contributed by atoms with Crippen LogP contribution in [0.4, 0.5) is 0 Å². The molecule has 0 amide bonds. The van der Waals surface area contributed by atoms with Gasteiger partial charge < -0.3 is 10.1 Å². The number of imidazole rings is 1. The molecule has 0 saturated heterocycles. The molecule has 72 valence electrons. The fraction of sp³-hybridized carbons (Fsp3) is 0.111. The molecule has 0 saturated carbocycles. The molecule has 2 N–H and O–H groups in total. The van der Waals surface area contributed by atoms with Crippen LogP contribution in [0, 0.1) is 6.92 Å². The number of carboxylic acid groups (broad SMARTS) is 1. The normalized spacial score (nSPS) is 10.7. The number of hydrogen-bond acceptors (Lipinski definition) is 2. The van der Waals surface area contributed by atoms with Gasteiger partial charge in [-0.3, -0.25) is 0 Å². The molecule has 4 nitrogen and oxygen atoms in total. The van der Waals surface area contributed by atoms with Gasteiger partial charge in [0.2, 0.25) is 0 Å². The lowest BCUT2D eigenvalue weighted by Crippen LogP contribution is -1.97. The second-order valence-electron chi connectivity index (χ2n) is 2.95. The molecule has 14 heavy (non-hydrogen) atoms. The molecule has 2 aromatic rings. The van der Waals surface area contributed by atoms with Crippen LogP contribution in [-0.4, -0.2) is 21.0 Å². The number of fused-ring (bicyclic) bond motifs is 1. The Bertz CT molecular complexity index is 519. The van der Waals surface area contributed by atoms with Crippen LogP contribution in [0.2, 0.25) is 5.02 Å². The van der Waals surface area contributed by atoms with Crippen LogP contribution in [0.15, 0.2) is 12.1 Å². The second-order valence-corrected chi connectivity index (χ2v) is 3.33. The van der Waals surface area contributed by atoms with Gasteiger partial charge in [0.05, 0.1) is 16.1 Å². The van der Waals surface area contributed by atoms with Crippen LogP contribution in [-0.2, 0) is 0 Å². The minimum absolute atomic E-state index is 0.0747. The number of nitrogens with one attached hydrogen (secondary N) is 1. The third kappa shape index (κ3) is 1.24. The molecule has 2 rings (SSSR count). The summed E-state index contributed by atoms with van der Waals surface area (Å²) in [4.78, 5) is 17.8. The van der Waals surface area contributed by atoms with Gasteiger partial charge in [0, 0.05) is 0 Å². The highest BCUT2D eigenvalue weighted by atomic mass is 35.5. The van der Waals surface area contributed by atoms with Crippen molar-refractivity contribution in [2.24, 2.45) is 0 Å². The van der Waals surface area contributed by atoms with E-state index < -0.39 is 5.97 Å². The van der Waals surface area contributed by atoms with Gasteiger partial charge in [0.15, 0.2) is 0 Å². The Hall–Kier alpha value is -1.55. The Labute approximate surface area is 84.5 Å². The van der Waals surface area contributed by atoms with E-state index in [0.29, 0.717) is 11.3 Å². The molecular formula is C9H7ClN2O2. The van der Waals surface area contributed by atoms with Gasteiger partial charge in [-0.25, -0.2) is 9.78 Å². The van der Waals surface area contributed by atoms with Crippen molar-refractivity contribution in [1.82, 2.24) is 9.97 Å². The maximum Gasteiger partial charge on any atom is 0.337 e. The lowest BCUT2D eigenvalue weighted by molar-refractivity contribution is 0.0697. The third-order valence-electron chi connectivity index (χ3n) is 1.94. The van der Waals surface area contributed by atoms with Gasteiger partial charge in [-0.15, -0.1) is 0 Å². The number of nitrogens with zero attached hydrogens (tertiary/aromatic N) is 1. The second kappa shape index (κ2) is 2.99. The molecule has 0 radical (unpaired) electrons. The summed E-state index contributed by atoms with van der Waals surface area (Å²) in [7, 11) is 0. The maximum atomic E-state index is 10.7. The molecule has 0 spiro atoms. The van der Waals surface area contributed by atoms with E-state index in [9.17, 15) is 4.79 Å². The van der Waals surface area contributed by atoms with Crippen molar-refractivity contribution in [3.05, 3.63) is 28.5 Å². The van der Waals surface area contributed by atoms with Gasteiger partial charge in [-0.1, -0.05) is 11.6 Å². The van der Waals surface area contributed by atoms with Crippen LogP contribution in [0.1, 0.15) is 16.2 Å². The van der Waals surface area contributed by atoms with Gasteiger partial charge in [-0.05, 0) is 19.1 Å². The number of H-pyrrole nitrogens is 1. The smallest absolute Gasteiger partial charge is 0.337 e. The monoisotopic (exact) mass is 210 g/mol. The number of hydrogen-bond donors (Lipinski definition) is 2. The summed E-state index contributed by atoms with van der Waals surface area (Å²) in [5.74, 6) is -0.331. The number of carbonyl (C=O) groups is 1. The zero-order chi connectivity index (χ0) is 10.3. The summed E-state index contributed by atoms with van der Waals surface area (Å²) in [5.41, 5.74) is 1.33. The first-order chi connectivity index (χ1) is 6.59. The molecule has 0 atom stereocenters. The van der Waals surface area contributed by atoms with Crippen LogP contribution in [0.25, 0.3) is 11.0 Å². The maximum absolute atomic E-state index is 10.7. The van der Waals surface area contributed by atoms with Crippen LogP contribution in [0.3, 0.4) is 0 Å². The highest BCUT2D eigenvalue weighted by Gasteiger charge is 2.13. The van der Waals surface area contributed by atoms with E-state index in [1.807, 2.05) is 0 Å². The lowest BCUT2D eigenvalue weighted by atomic mass is 10.2. The molecule has 5 heteroatoms. The number of aryl methyl sites for hydroxylation is 1. The topological polar surface area (TPSA) is 66.0 Å². The standard InChI is InChI=1S/C9H7ClN2O2/c1-4-11-6-3-2-5(9(13)14)7(10)8(6)12-4/h2-3H,1H3,(H,11,12)(H,13,14). The van der Waals surface area contributed by atoms with Crippen molar-refractivity contribution in [3.8, 4) is 0 Å². The summed E-state index contributed by atoms with van der Waals surface area (Å²) in [6.07, 6.45) is 0. The quantitative estimate of drug-likeness (QED) is 0.759. The Morgan fingerprint density at radius 2 is 2.29 bits per heavy atom. The number of aromatic amines is 1. The van der Waals surface area contributed by atoms with Crippen LogP contribution in [0.5, 0.6) is 0 Å². The average molecular weight is 211 g/mol. The predicted molar refractivity (Wildman–Crippen MR) is 52.8 cm³/mol. The largest absolute Gasteiger partial charge is 0.478 e. The Kier molecular flexibility index (Phi) is 1.93. The van der Waals surface area contributed by atoms with Gasteiger partial charge in [-0.2, -0.15) is 0 Å². The first-order valence-electron chi connectivity index (χ1n) is 3.97. The fourth-order valence-electron chi connectivity index (χ4n) is 1.33. The molecule has 0 bridgehead atoms. The zero-order valence-electron chi connectivity index (χ0n) is 7.34. The predicted octanol–water partition coefficient (Wildman–Crippen LogP) is 2.22. The van der Waals surface area contributed by atoms with Gasteiger partial charge >= 0.3 is 5.97 Å². The molecular weight excluding hydrogens is 204 g/mol. The first kappa shape index (κ1) is 9.02. The molecule has 0 aliphatic heterocycles. The summed E-state index contributed by atoms with van der Waals surface area (Å²) in [6.45, 7) is 1.79. The zero-order valence-corrected chi connectivity index (χ0v) is 8.09. The molecule has 1 heterocycles. The van der Waals surface area contributed by atoms with E-state index in [2.05, 4.69) is 9.97 Å². The molecule has 1 aromatic heterocycles. The lowest BCUT2D eigenvalue weighted by Gasteiger charge is -1.97. The van der Waals surface area contributed by atoms with Gasteiger partial charge in [0.1, 0.15) is 11.3 Å². The SMILES string of the molecule is Cc1nc2c(Cl)c(C(=O)O)ccc2[nH]1. The summed E-state index contributed by atoms with van der Waals surface area (Å²) in [6, 6.07) is 3.12. The molecule has 0 unspecified atom stereocenters. The average Bonchev–Trinajstić information content (AvgIpc) is 2.46. The number of aromatic nitrogens is 2.